The molecule has 26 heavy (non-hydrogen) atoms. The van der Waals surface area contributed by atoms with Crippen LogP contribution < -0.4 is 10.6 Å². The van der Waals surface area contributed by atoms with E-state index in [4.69, 9.17) is 18.6 Å². The molecule has 0 bridgehead atoms. The molecule has 0 aliphatic carbocycles. The third-order valence-corrected chi connectivity index (χ3v) is 6.25. The number of aromatic hydroxyl groups is 1. The fourth-order valence-electron chi connectivity index (χ4n) is 3.28. The van der Waals surface area contributed by atoms with Crippen LogP contribution in [-0.4, -0.2) is 23.1 Å². The number of piperidine rings is 1. The second kappa shape index (κ2) is 11.7. The number of phenolic OH excluding ortho intramolecular Hbond substituents is 1. The summed E-state index contributed by atoms with van der Waals surface area (Å²) in [4.78, 5) is 2.57. The first-order chi connectivity index (χ1) is 12.5. The van der Waals surface area contributed by atoms with E-state index in [1.54, 1.807) is 0 Å². The predicted molar refractivity (Wildman–Crippen MR) is 112 cm³/mol. The average Bonchev–Trinajstić information content (AvgIpc) is 2.62. The molecule has 1 unspecified atom stereocenters. The van der Waals surface area contributed by atoms with E-state index in [2.05, 4.69) is 43.0 Å². The molecule has 2 nitrogen and oxygen atoms in total. The van der Waals surface area contributed by atoms with Crippen LogP contribution in [0.2, 0.25) is 0 Å². The van der Waals surface area contributed by atoms with E-state index in [9.17, 15) is 5.11 Å². The molecule has 0 saturated carbocycles. The van der Waals surface area contributed by atoms with Gasteiger partial charge >= 0.3 is 35.6 Å². The molecule has 140 valence electrons. The maximum atomic E-state index is 10.2. The zero-order chi connectivity index (χ0) is 18.9. The number of phenols is 1. The van der Waals surface area contributed by atoms with Gasteiger partial charge in [0.2, 0.25) is 0 Å². The third kappa shape index (κ3) is 6.82. The number of rotatable bonds is 4. The van der Waals surface area contributed by atoms with Crippen molar-refractivity contribution in [3.63, 3.8) is 0 Å². The predicted octanol–water partition coefficient (Wildman–Crippen LogP) is 5.00. The summed E-state index contributed by atoms with van der Waals surface area (Å²) in [5.74, 6) is 0.418. The Morgan fingerprint density at radius 3 is 2.46 bits per heavy atom. The Morgan fingerprint density at radius 2 is 1.77 bits per heavy atom. The van der Waals surface area contributed by atoms with Crippen molar-refractivity contribution in [3.05, 3.63) is 53.1 Å². The molecule has 0 radical (unpaired) electrons. The van der Waals surface area contributed by atoms with Crippen LogP contribution in [0.1, 0.15) is 36.0 Å². The van der Waals surface area contributed by atoms with Crippen molar-refractivity contribution in [2.24, 2.45) is 0 Å². The van der Waals surface area contributed by atoms with Crippen LogP contribution in [0.25, 0.3) is 0 Å². The van der Waals surface area contributed by atoms with Gasteiger partial charge < -0.3 is 5.11 Å². The van der Waals surface area contributed by atoms with Crippen molar-refractivity contribution in [1.29, 1.82) is 0 Å². The van der Waals surface area contributed by atoms with Gasteiger partial charge in [-0.2, -0.15) is 0 Å². The van der Waals surface area contributed by atoms with Crippen molar-refractivity contribution in [3.8, 4) is 5.75 Å². The molecule has 3 rings (SSSR count). The molecule has 0 aromatic heterocycles. The van der Waals surface area contributed by atoms with Crippen molar-refractivity contribution >= 4 is 37.8 Å². The van der Waals surface area contributed by atoms with Gasteiger partial charge in [0.1, 0.15) is 5.75 Å². The van der Waals surface area contributed by atoms with Gasteiger partial charge in [0.25, 0.3) is 0 Å². The zero-order valence-corrected chi connectivity index (χ0v) is 19.4. The van der Waals surface area contributed by atoms with Crippen LogP contribution in [0.5, 0.6) is 5.75 Å². The molecule has 1 N–H and O–H groups in total. The van der Waals surface area contributed by atoms with E-state index in [1.807, 2.05) is 12.1 Å². The van der Waals surface area contributed by atoms with Crippen LogP contribution in [0.15, 0.2) is 36.4 Å². The van der Waals surface area contributed by atoms with Gasteiger partial charge in [-0.3, -0.25) is 4.90 Å². The van der Waals surface area contributed by atoms with Gasteiger partial charge in [0.05, 0.1) is 0 Å². The molecule has 0 spiro atoms. The van der Waals surface area contributed by atoms with E-state index < -0.39 is 17.0 Å². The fourth-order valence-corrected chi connectivity index (χ4v) is 4.67. The average molecular weight is 446 g/mol. The molecule has 1 heterocycles. The maximum absolute atomic E-state index is 10.2. The quantitative estimate of drug-likeness (QED) is 0.528. The monoisotopic (exact) mass is 445 g/mol. The fraction of sp³-hybridized carbons (Fsp3) is 0.400. The zero-order valence-electron chi connectivity index (χ0n) is 15.4. The summed E-state index contributed by atoms with van der Waals surface area (Å²) >= 11 is -0.556. The second-order valence-electron chi connectivity index (χ2n) is 6.66. The molecule has 0 amide bonds. The molecular weight excluding hydrogens is 420 g/mol. The van der Waals surface area contributed by atoms with Crippen LogP contribution in [0, 0.1) is 13.8 Å². The van der Waals surface area contributed by atoms with Gasteiger partial charge in [0.15, 0.2) is 0 Å². The first-order valence-corrected chi connectivity index (χ1v) is 14.2. The minimum absolute atomic E-state index is 0.418. The Bertz CT molecular complexity index is 708. The third-order valence-electron chi connectivity index (χ3n) is 4.61. The van der Waals surface area contributed by atoms with Crippen LogP contribution in [-0.2, 0) is 23.6 Å². The number of aryl methyl sites for hydroxylation is 2. The van der Waals surface area contributed by atoms with Gasteiger partial charge in [-0.1, -0.05) is 44.8 Å². The normalized spacial score (nSPS) is 14.9. The Kier molecular flexibility index (Phi) is 9.99. The number of hydrogen-bond acceptors (Lipinski definition) is 2. The van der Waals surface area contributed by atoms with Gasteiger partial charge in [-0.15, -0.1) is 0 Å². The summed E-state index contributed by atoms with van der Waals surface area (Å²) in [6.45, 7) is 7.74. The van der Waals surface area contributed by atoms with E-state index in [0.717, 1.165) is 11.8 Å². The SMILES string of the molecule is Cc1ccc(O)c(Pc2c(C)cccc2CN2CCCCC2)c1.[Cl][Ti][Cl]. The van der Waals surface area contributed by atoms with Crippen LogP contribution >= 0.6 is 27.2 Å². The molecule has 1 aliphatic heterocycles. The van der Waals surface area contributed by atoms with Crippen molar-refractivity contribution < 1.29 is 22.1 Å². The number of benzene rings is 2. The summed E-state index contributed by atoms with van der Waals surface area (Å²) in [7, 11) is 10.3. The Labute approximate surface area is 175 Å². The molecule has 1 saturated heterocycles. The first kappa shape index (κ1) is 22.2. The molecule has 1 aliphatic rings. The van der Waals surface area contributed by atoms with Crippen LogP contribution in [0.4, 0.5) is 0 Å². The number of likely N-dealkylation sites (tertiary alicyclic amines) is 1. The number of nitrogens with zero attached hydrogens (tertiary/aromatic N) is 1. The Balaban J connectivity index is 0.000000758. The van der Waals surface area contributed by atoms with Crippen molar-refractivity contribution in [1.82, 2.24) is 4.90 Å². The first-order valence-electron chi connectivity index (χ1n) is 8.89. The summed E-state index contributed by atoms with van der Waals surface area (Å²) in [5.41, 5.74) is 3.96. The minimum atomic E-state index is -0.556. The molecule has 1 atom stereocenters. The summed E-state index contributed by atoms with van der Waals surface area (Å²) in [6, 6.07) is 12.5. The van der Waals surface area contributed by atoms with E-state index in [1.165, 1.54) is 54.3 Å². The standard InChI is InChI=1S/C20H26NOP.2ClH.Ti/c1-15-9-10-18(22)19(13-15)23-20-16(2)7-6-8-17(20)14-21-11-4-3-5-12-21;;;/h6-10,13,22-23H,3-5,11-12,14H2,1-2H3;2*1H;/q;;;+2/p-2. The summed E-state index contributed by atoms with van der Waals surface area (Å²) in [6.07, 6.45) is 4.01. The topological polar surface area (TPSA) is 23.5 Å². The van der Waals surface area contributed by atoms with Crippen molar-refractivity contribution in [2.45, 2.75) is 39.7 Å². The van der Waals surface area contributed by atoms with Gasteiger partial charge in [0, 0.05) is 11.8 Å². The molecule has 2 aromatic rings. The second-order valence-corrected chi connectivity index (χ2v) is 10.5. The number of halogens is 2. The van der Waals surface area contributed by atoms with Crippen molar-refractivity contribution in [2.75, 3.05) is 13.1 Å². The van der Waals surface area contributed by atoms with E-state index in [0.29, 0.717) is 14.3 Å². The number of hydrogen-bond donors (Lipinski definition) is 1. The molecule has 2 aromatic carbocycles. The van der Waals surface area contributed by atoms with E-state index >= 15 is 0 Å². The molecule has 6 heteroatoms. The van der Waals surface area contributed by atoms with E-state index in [-0.39, 0.29) is 0 Å². The summed E-state index contributed by atoms with van der Waals surface area (Å²) in [5, 5.41) is 12.7. The van der Waals surface area contributed by atoms with Gasteiger partial charge in [-0.05, 0) is 68.3 Å². The van der Waals surface area contributed by atoms with Gasteiger partial charge in [-0.25, -0.2) is 0 Å². The Morgan fingerprint density at radius 1 is 1.08 bits per heavy atom. The molecule has 1 fully saturated rings. The Hall–Kier alpha value is -0.0757. The molecular formula is C20H26Cl2NOPTi. The summed E-state index contributed by atoms with van der Waals surface area (Å²) < 4.78 is 0. The van der Waals surface area contributed by atoms with Crippen LogP contribution in [0.3, 0.4) is 0 Å².